The van der Waals surface area contributed by atoms with E-state index in [1.54, 1.807) is 19.1 Å². The molecular formula is C13H20N2O3S. The van der Waals surface area contributed by atoms with Crippen LogP contribution < -0.4 is 10.5 Å². The molecule has 3 N–H and O–H groups in total. The Kier molecular flexibility index (Phi) is 4.44. The number of nitrogens with two attached hydrogens (primary N) is 1. The lowest BCUT2D eigenvalue weighted by atomic mass is 10.0. The van der Waals surface area contributed by atoms with Crippen LogP contribution in [0.5, 0.6) is 0 Å². The van der Waals surface area contributed by atoms with Gasteiger partial charge in [-0.05, 0) is 43.4 Å². The van der Waals surface area contributed by atoms with Gasteiger partial charge in [0.15, 0.2) is 0 Å². The average Bonchev–Trinajstić information content (AvgIpc) is 2.40. The summed E-state index contributed by atoms with van der Waals surface area (Å²) in [6, 6.07) is 4.92. The highest BCUT2D eigenvalue weighted by Gasteiger charge is 2.20. The number of hydrogen-bond acceptors (Lipinski definition) is 4. The number of ether oxygens (including phenoxy) is 1. The lowest BCUT2D eigenvalue weighted by Gasteiger charge is -2.22. The molecule has 1 saturated heterocycles. The Labute approximate surface area is 114 Å². The first-order chi connectivity index (χ1) is 8.99. The second kappa shape index (κ2) is 5.90. The molecule has 1 aromatic rings. The summed E-state index contributed by atoms with van der Waals surface area (Å²) in [4.78, 5) is 0.263. The van der Waals surface area contributed by atoms with Gasteiger partial charge in [0.1, 0.15) is 0 Å². The Bertz CT molecular complexity index is 537. The highest BCUT2D eigenvalue weighted by Crippen LogP contribution is 2.19. The number of nitrogen functional groups attached to an aromatic ring is 1. The minimum atomic E-state index is -3.48. The summed E-state index contributed by atoms with van der Waals surface area (Å²) in [5.41, 5.74) is 6.81. The van der Waals surface area contributed by atoms with Crippen LogP contribution in [-0.4, -0.2) is 28.2 Å². The fraction of sp³-hybridized carbons (Fsp3) is 0.538. The van der Waals surface area contributed by atoms with E-state index in [-0.39, 0.29) is 4.90 Å². The smallest absolute Gasteiger partial charge is 0.240 e. The zero-order valence-corrected chi connectivity index (χ0v) is 11.9. The fourth-order valence-electron chi connectivity index (χ4n) is 2.16. The van der Waals surface area contributed by atoms with Gasteiger partial charge in [-0.25, -0.2) is 13.1 Å². The Morgan fingerprint density at radius 3 is 2.74 bits per heavy atom. The van der Waals surface area contributed by atoms with E-state index in [9.17, 15) is 8.42 Å². The van der Waals surface area contributed by atoms with Crippen molar-refractivity contribution in [3.63, 3.8) is 0 Å². The van der Waals surface area contributed by atoms with Crippen molar-refractivity contribution in [3.05, 3.63) is 23.8 Å². The van der Waals surface area contributed by atoms with Crippen molar-refractivity contribution < 1.29 is 13.2 Å². The number of rotatable bonds is 4. The summed E-state index contributed by atoms with van der Waals surface area (Å²) >= 11 is 0. The molecule has 106 valence electrons. The van der Waals surface area contributed by atoms with Crippen LogP contribution in [-0.2, 0) is 14.8 Å². The van der Waals surface area contributed by atoms with E-state index >= 15 is 0 Å². The summed E-state index contributed by atoms with van der Waals surface area (Å²) in [5.74, 6) is 0.352. The van der Waals surface area contributed by atoms with Crippen molar-refractivity contribution in [2.75, 3.05) is 25.5 Å². The number of sulfonamides is 1. The molecular weight excluding hydrogens is 264 g/mol. The molecule has 0 unspecified atom stereocenters. The predicted molar refractivity (Wildman–Crippen MR) is 74.3 cm³/mol. The van der Waals surface area contributed by atoms with Gasteiger partial charge in [-0.1, -0.05) is 6.07 Å². The normalized spacial score (nSPS) is 17.5. The highest BCUT2D eigenvalue weighted by molar-refractivity contribution is 7.89. The molecule has 0 spiro atoms. The van der Waals surface area contributed by atoms with Crippen molar-refractivity contribution in [2.24, 2.45) is 5.92 Å². The summed E-state index contributed by atoms with van der Waals surface area (Å²) in [5, 5.41) is 0. The van der Waals surface area contributed by atoms with Crippen LogP contribution in [0.2, 0.25) is 0 Å². The topological polar surface area (TPSA) is 81.4 Å². The molecule has 19 heavy (non-hydrogen) atoms. The van der Waals surface area contributed by atoms with Gasteiger partial charge >= 0.3 is 0 Å². The summed E-state index contributed by atoms with van der Waals surface area (Å²) in [6.07, 6.45) is 1.80. The van der Waals surface area contributed by atoms with Gasteiger partial charge in [0.25, 0.3) is 0 Å². The molecule has 6 heteroatoms. The molecule has 0 atom stereocenters. The second-order valence-corrected chi connectivity index (χ2v) is 6.67. The largest absolute Gasteiger partial charge is 0.399 e. The van der Waals surface area contributed by atoms with Gasteiger partial charge in [0, 0.05) is 25.4 Å². The molecule has 1 aromatic carbocycles. The van der Waals surface area contributed by atoms with Crippen molar-refractivity contribution in [3.8, 4) is 0 Å². The van der Waals surface area contributed by atoms with Gasteiger partial charge in [0.05, 0.1) is 4.90 Å². The average molecular weight is 284 g/mol. The summed E-state index contributed by atoms with van der Waals surface area (Å²) < 4.78 is 32.4. The molecule has 1 aliphatic rings. The first-order valence-corrected chi connectivity index (χ1v) is 7.91. The van der Waals surface area contributed by atoms with E-state index in [4.69, 9.17) is 10.5 Å². The molecule has 0 amide bonds. The molecule has 1 fully saturated rings. The molecule has 0 radical (unpaired) electrons. The maximum atomic E-state index is 12.2. The Balaban J connectivity index is 2.07. The van der Waals surface area contributed by atoms with Gasteiger partial charge in [-0.3, -0.25) is 0 Å². The summed E-state index contributed by atoms with van der Waals surface area (Å²) in [6.45, 7) is 3.65. The number of nitrogens with one attached hydrogen (secondary N) is 1. The predicted octanol–water partition coefficient (Wildman–Crippen LogP) is 1.28. The van der Waals surface area contributed by atoms with Crippen LogP contribution in [0, 0.1) is 12.8 Å². The minimum Gasteiger partial charge on any atom is -0.399 e. The Morgan fingerprint density at radius 1 is 1.37 bits per heavy atom. The van der Waals surface area contributed by atoms with E-state index in [1.165, 1.54) is 6.07 Å². The van der Waals surface area contributed by atoms with Crippen LogP contribution in [0.1, 0.15) is 18.4 Å². The van der Waals surface area contributed by atoms with Crippen LogP contribution >= 0.6 is 0 Å². The Morgan fingerprint density at radius 2 is 2.05 bits per heavy atom. The number of aryl methyl sites for hydroxylation is 1. The number of benzene rings is 1. The van der Waals surface area contributed by atoms with E-state index in [1.807, 2.05) is 0 Å². The maximum absolute atomic E-state index is 12.2. The summed E-state index contributed by atoms with van der Waals surface area (Å²) in [7, 11) is -3.48. The van der Waals surface area contributed by atoms with Crippen molar-refractivity contribution in [2.45, 2.75) is 24.7 Å². The van der Waals surface area contributed by atoms with E-state index in [0.717, 1.165) is 12.8 Å². The quantitative estimate of drug-likeness (QED) is 0.816. The SMILES string of the molecule is Cc1ccc(N)cc1S(=O)(=O)NCC1CCOCC1. The van der Waals surface area contributed by atoms with Crippen LogP contribution in [0.3, 0.4) is 0 Å². The molecule has 0 aromatic heterocycles. The van der Waals surface area contributed by atoms with Crippen LogP contribution in [0.4, 0.5) is 5.69 Å². The number of anilines is 1. The lowest BCUT2D eigenvalue weighted by Crippen LogP contribution is -2.32. The van der Waals surface area contributed by atoms with Gasteiger partial charge in [0.2, 0.25) is 10.0 Å². The molecule has 1 aliphatic heterocycles. The van der Waals surface area contributed by atoms with Crippen molar-refractivity contribution >= 4 is 15.7 Å². The number of hydrogen-bond donors (Lipinski definition) is 2. The van der Waals surface area contributed by atoms with E-state index < -0.39 is 10.0 Å². The maximum Gasteiger partial charge on any atom is 0.240 e. The van der Waals surface area contributed by atoms with Gasteiger partial charge in [-0.15, -0.1) is 0 Å². The Hall–Kier alpha value is -1.11. The molecule has 1 heterocycles. The third-order valence-electron chi connectivity index (χ3n) is 3.40. The zero-order valence-electron chi connectivity index (χ0n) is 11.1. The van der Waals surface area contributed by atoms with E-state index in [2.05, 4.69) is 4.72 Å². The second-order valence-electron chi connectivity index (χ2n) is 4.93. The van der Waals surface area contributed by atoms with Crippen molar-refractivity contribution in [1.29, 1.82) is 0 Å². The van der Waals surface area contributed by atoms with Crippen LogP contribution in [0.25, 0.3) is 0 Å². The zero-order chi connectivity index (χ0) is 13.9. The molecule has 0 aliphatic carbocycles. The monoisotopic (exact) mass is 284 g/mol. The fourth-order valence-corrected chi connectivity index (χ4v) is 3.56. The van der Waals surface area contributed by atoms with Crippen molar-refractivity contribution in [1.82, 2.24) is 4.72 Å². The molecule has 0 saturated carbocycles. The third-order valence-corrected chi connectivity index (χ3v) is 4.97. The molecule has 2 rings (SSSR count). The van der Waals surface area contributed by atoms with Crippen LogP contribution in [0.15, 0.2) is 23.1 Å². The minimum absolute atomic E-state index is 0.263. The highest BCUT2D eigenvalue weighted by atomic mass is 32.2. The van der Waals surface area contributed by atoms with Gasteiger partial charge in [-0.2, -0.15) is 0 Å². The van der Waals surface area contributed by atoms with E-state index in [0.29, 0.717) is 36.9 Å². The van der Waals surface area contributed by atoms with Gasteiger partial charge < -0.3 is 10.5 Å². The third kappa shape index (κ3) is 3.68. The standard InChI is InChI=1S/C13H20N2O3S/c1-10-2-3-12(14)8-13(10)19(16,17)15-9-11-4-6-18-7-5-11/h2-3,8,11,15H,4-7,9,14H2,1H3. The lowest BCUT2D eigenvalue weighted by molar-refractivity contribution is 0.0678. The molecule has 0 bridgehead atoms. The molecule has 5 nitrogen and oxygen atoms in total. The first-order valence-electron chi connectivity index (χ1n) is 6.42. The first kappa shape index (κ1) is 14.3.